The van der Waals surface area contributed by atoms with Gasteiger partial charge in [-0.1, -0.05) is 18.2 Å². The molecule has 1 aliphatic rings. The van der Waals surface area contributed by atoms with Crippen LogP contribution in [0.25, 0.3) is 0 Å². The SMILES string of the molecule is CC1(C)NC(=O)N(c2cccc(NC(=O)NCc3ccc(Nc4ccncc4)cc3)c2)C1=O. The number of amides is 5. The molecular weight excluding hydrogens is 420 g/mol. The van der Waals surface area contributed by atoms with Crippen molar-refractivity contribution in [2.24, 2.45) is 0 Å². The molecule has 0 aliphatic carbocycles. The van der Waals surface area contributed by atoms with Crippen LogP contribution < -0.4 is 26.2 Å². The van der Waals surface area contributed by atoms with Crippen LogP contribution in [0.3, 0.4) is 0 Å². The van der Waals surface area contributed by atoms with Crippen LogP contribution in [-0.2, 0) is 11.3 Å². The molecule has 0 atom stereocenters. The average Bonchev–Trinajstić information content (AvgIpc) is 3.00. The summed E-state index contributed by atoms with van der Waals surface area (Å²) in [6, 6.07) is 17.1. The van der Waals surface area contributed by atoms with E-state index in [2.05, 4.69) is 26.3 Å². The topological polar surface area (TPSA) is 115 Å². The first-order valence-electron chi connectivity index (χ1n) is 10.4. The summed E-state index contributed by atoms with van der Waals surface area (Å²) in [6.07, 6.45) is 3.43. The Balaban J connectivity index is 1.33. The predicted molar refractivity (Wildman–Crippen MR) is 126 cm³/mol. The smallest absolute Gasteiger partial charge is 0.329 e. The third-order valence-electron chi connectivity index (χ3n) is 5.10. The number of anilines is 4. The minimum Gasteiger partial charge on any atom is -0.355 e. The Morgan fingerprint density at radius 2 is 1.67 bits per heavy atom. The van der Waals surface area contributed by atoms with E-state index >= 15 is 0 Å². The summed E-state index contributed by atoms with van der Waals surface area (Å²) in [5.74, 6) is -0.351. The highest BCUT2D eigenvalue weighted by Gasteiger charge is 2.45. The summed E-state index contributed by atoms with van der Waals surface area (Å²) in [5.41, 5.74) is 2.68. The molecule has 0 unspecified atom stereocenters. The maximum Gasteiger partial charge on any atom is 0.329 e. The summed E-state index contributed by atoms with van der Waals surface area (Å²) in [4.78, 5) is 42.1. The van der Waals surface area contributed by atoms with Gasteiger partial charge in [-0.05, 0) is 61.9 Å². The molecule has 0 spiro atoms. The Morgan fingerprint density at radius 3 is 2.33 bits per heavy atom. The minimum atomic E-state index is -0.971. The molecule has 0 saturated carbocycles. The van der Waals surface area contributed by atoms with Crippen LogP contribution in [-0.4, -0.2) is 28.5 Å². The van der Waals surface area contributed by atoms with Crippen molar-refractivity contribution >= 4 is 40.7 Å². The van der Waals surface area contributed by atoms with Gasteiger partial charge in [-0.25, -0.2) is 14.5 Å². The van der Waals surface area contributed by atoms with Gasteiger partial charge in [0.2, 0.25) is 0 Å². The molecule has 2 heterocycles. The van der Waals surface area contributed by atoms with E-state index in [1.165, 1.54) is 0 Å². The molecule has 1 aromatic heterocycles. The molecule has 3 aromatic rings. The van der Waals surface area contributed by atoms with Crippen molar-refractivity contribution in [1.29, 1.82) is 0 Å². The van der Waals surface area contributed by atoms with E-state index in [9.17, 15) is 14.4 Å². The van der Waals surface area contributed by atoms with Crippen molar-refractivity contribution in [1.82, 2.24) is 15.6 Å². The molecule has 1 aliphatic heterocycles. The van der Waals surface area contributed by atoms with Crippen LogP contribution in [0.4, 0.5) is 32.3 Å². The van der Waals surface area contributed by atoms with Gasteiger partial charge in [-0.3, -0.25) is 9.78 Å². The fourth-order valence-corrected chi connectivity index (χ4v) is 3.37. The summed E-state index contributed by atoms with van der Waals surface area (Å²) in [6.45, 7) is 3.62. The molecule has 4 N–H and O–H groups in total. The number of nitrogens with one attached hydrogen (secondary N) is 4. The number of aromatic nitrogens is 1. The Bertz CT molecular complexity index is 1180. The normalized spacial score (nSPS) is 14.5. The van der Waals surface area contributed by atoms with E-state index < -0.39 is 17.6 Å². The van der Waals surface area contributed by atoms with Crippen molar-refractivity contribution in [3.8, 4) is 0 Å². The Kier molecular flexibility index (Phi) is 5.95. The van der Waals surface area contributed by atoms with Crippen LogP contribution in [0, 0.1) is 0 Å². The standard InChI is InChI=1S/C24H24N6O3/c1-24(2)21(31)30(23(33)29-24)20-5-3-4-19(14-20)28-22(32)26-15-16-6-8-17(9-7-16)27-18-10-12-25-13-11-18/h3-14H,15H2,1-2H3,(H,25,27)(H,29,33)(H2,26,28,32). The zero-order valence-electron chi connectivity index (χ0n) is 18.3. The average molecular weight is 444 g/mol. The van der Waals surface area contributed by atoms with Crippen LogP contribution in [0.1, 0.15) is 19.4 Å². The van der Waals surface area contributed by atoms with Crippen LogP contribution in [0.2, 0.25) is 0 Å². The third-order valence-corrected chi connectivity index (χ3v) is 5.10. The number of nitrogens with zero attached hydrogens (tertiary/aromatic N) is 2. The lowest BCUT2D eigenvalue weighted by Gasteiger charge is -2.17. The van der Waals surface area contributed by atoms with E-state index in [4.69, 9.17) is 0 Å². The predicted octanol–water partition coefficient (Wildman–Crippen LogP) is 3.98. The molecule has 0 radical (unpaired) electrons. The van der Waals surface area contributed by atoms with Gasteiger partial charge in [0.05, 0.1) is 5.69 Å². The number of hydrogen-bond donors (Lipinski definition) is 4. The third kappa shape index (κ3) is 5.09. The van der Waals surface area contributed by atoms with Gasteiger partial charge in [0.15, 0.2) is 0 Å². The summed E-state index contributed by atoms with van der Waals surface area (Å²) in [5, 5.41) is 11.4. The van der Waals surface area contributed by atoms with Crippen molar-refractivity contribution in [3.05, 3.63) is 78.6 Å². The largest absolute Gasteiger partial charge is 0.355 e. The molecule has 9 heteroatoms. The number of pyridine rings is 1. The molecule has 4 rings (SSSR count). The molecular formula is C24H24N6O3. The van der Waals surface area contributed by atoms with E-state index in [-0.39, 0.29) is 5.91 Å². The Morgan fingerprint density at radius 1 is 0.970 bits per heavy atom. The highest BCUT2D eigenvalue weighted by Crippen LogP contribution is 2.26. The van der Waals surface area contributed by atoms with Crippen LogP contribution in [0.5, 0.6) is 0 Å². The van der Waals surface area contributed by atoms with E-state index in [1.807, 2.05) is 36.4 Å². The van der Waals surface area contributed by atoms with Crippen molar-refractivity contribution in [3.63, 3.8) is 0 Å². The molecule has 5 amide bonds. The lowest BCUT2D eigenvalue weighted by molar-refractivity contribution is -0.121. The number of carbonyl (C=O) groups is 3. The van der Waals surface area contributed by atoms with Gasteiger partial charge in [0.25, 0.3) is 5.91 Å². The zero-order valence-corrected chi connectivity index (χ0v) is 18.3. The first-order chi connectivity index (χ1) is 15.8. The summed E-state index contributed by atoms with van der Waals surface area (Å²) < 4.78 is 0. The van der Waals surface area contributed by atoms with E-state index in [0.717, 1.165) is 21.8 Å². The molecule has 2 aromatic carbocycles. The highest BCUT2D eigenvalue weighted by atomic mass is 16.2. The van der Waals surface area contributed by atoms with Crippen molar-refractivity contribution in [2.75, 3.05) is 15.5 Å². The van der Waals surface area contributed by atoms with Crippen molar-refractivity contribution < 1.29 is 14.4 Å². The highest BCUT2D eigenvalue weighted by molar-refractivity contribution is 6.23. The molecule has 1 fully saturated rings. The summed E-state index contributed by atoms with van der Waals surface area (Å²) in [7, 11) is 0. The number of hydrogen-bond acceptors (Lipinski definition) is 5. The lowest BCUT2D eigenvalue weighted by atomic mass is 10.1. The minimum absolute atomic E-state index is 0.336. The summed E-state index contributed by atoms with van der Waals surface area (Å²) >= 11 is 0. The zero-order chi connectivity index (χ0) is 23.4. The second-order valence-corrected chi connectivity index (χ2v) is 8.11. The fraction of sp³-hybridized carbons (Fsp3) is 0.167. The molecule has 9 nitrogen and oxygen atoms in total. The second-order valence-electron chi connectivity index (χ2n) is 8.11. The van der Waals surface area contributed by atoms with Gasteiger partial charge in [0.1, 0.15) is 5.54 Å². The Labute approximate surface area is 191 Å². The molecule has 0 bridgehead atoms. The van der Waals surface area contributed by atoms with Gasteiger partial charge < -0.3 is 21.3 Å². The molecule has 1 saturated heterocycles. The van der Waals surface area contributed by atoms with Gasteiger partial charge in [-0.2, -0.15) is 0 Å². The van der Waals surface area contributed by atoms with Gasteiger partial charge >= 0.3 is 12.1 Å². The lowest BCUT2D eigenvalue weighted by Crippen LogP contribution is -2.40. The fourth-order valence-electron chi connectivity index (χ4n) is 3.37. The first-order valence-corrected chi connectivity index (χ1v) is 10.4. The Hall–Kier alpha value is -4.40. The van der Waals surface area contributed by atoms with E-state index in [1.54, 1.807) is 50.5 Å². The van der Waals surface area contributed by atoms with Crippen LogP contribution >= 0.6 is 0 Å². The number of rotatable bonds is 6. The maximum atomic E-state index is 12.5. The van der Waals surface area contributed by atoms with Crippen molar-refractivity contribution in [2.45, 2.75) is 25.9 Å². The van der Waals surface area contributed by atoms with E-state index in [0.29, 0.717) is 17.9 Å². The van der Waals surface area contributed by atoms with Crippen LogP contribution in [0.15, 0.2) is 73.1 Å². The number of imide groups is 1. The first kappa shape index (κ1) is 21.8. The van der Waals surface area contributed by atoms with Gasteiger partial charge in [0, 0.05) is 36.0 Å². The quantitative estimate of drug-likeness (QED) is 0.429. The number of benzene rings is 2. The maximum absolute atomic E-state index is 12.5. The molecule has 33 heavy (non-hydrogen) atoms. The number of urea groups is 2. The molecule has 168 valence electrons. The monoisotopic (exact) mass is 444 g/mol. The number of carbonyl (C=O) groups excluding carboxylic acids is 3. The van der Waals surface area contributed by atoms with Gasteiger partial charge in [-0.15, -0.1) is 0 Å². The second kappa shape index (κ2) is 8.99.